The van der Waals surface area contributed by atoms with Crippen molar-refractivity contribution >= 4 is 17.2 Å². The molecule has 1 aliphatic heterocycles. The molecule has 0 radical (unpaired) electrons. The molecule has 1 atom stereocenters. The molecule has 0 saturated carbocycles. The number of ether oxygens (including phenoxy) is 2. The van der Waals surface area contributed by atoms with Gasteiger partial charge in [0, 0.05) is 30.1 Å². The van der Waals surface area contributed by atoms with Crippen LogP contribution < -0.4 is 4.74 Å². The summed E-state index contributed by atoms with van der Waals surface area (Å²) in [4.78, 5) is 21.3. The van der Waals surface area contributed by atoms with Crippen molar-refractivity contribution in [2.24, 2.45) is 5.92 Å². The van der Waals surface area contributed by atoms with Gasteiger partial charge in [0.15, 0.2) is 0 Å². The van der Waals surface area contributed by atoms with E-state index in [9.17, 15) is 4.79 Å². The first kappa shape index (κ1) is 20.6. The molecule has 1 aromatic carbocycles. The first-order chi connectivity index (χ1) is 14.7. The van der Waals surface area contributed by atoms with Gasteiger partial charge in [-0.25, -0.2) is 0 Å². The number of carbonyl (C=O) groups is 1. The standard InChI is InChI=1S/C24H26N2O3S/c1-18-8-9-23(30-18)24(27)26(15-21-6-2-3-11-25-21)14-19-5-4-7-22(13-19)29-17-20-10-12-28-16-20/h2-9,11,13,20H,10,12,14-17H2,1H3/t20-/m1/s1. The van der Waals surface area contributed by atoms with Gasteiger partial charge in [-0.1, -0.05) is 18.2 Å². The first-order valence-electron chi connectivity index (χ1n) is 10.2. The molecule has 6 heteroatoms. The minimum atomic E-state index is 0.0215. The maximum atomic E-state index is 13.2. The van der Waals surface area contributed by atoms with E-state index in [1.54, 1.807) is 6.20 Å². The molecule has 0 bridgehead atoms. The van der Waals surface area contributed by atoms with E-state index in [0.29, 0.717) is 25.6 Å². The lowest BCUT2D eigenvalue weighted by Crippen LogP contribution is -2.30. The van der Waals surface area contributed by atoms with Gasteiger partial charge in [-0.3, -0.25) is 9.78 Å². The van der Waals surface area contributed by atoms with E-state index in [2.05, 4.69) is 4.98 Å². The van der Waals surface area contributed by atoms with Gasteiger partial charge < -0.3 is 14.4 Å². The molecule has 30 heavy (non-hydrogen) atoms. The largest absolute Gasteiger partial charge is 0.493 e. The van der Waals surface area contributed by atoms with Gasteiger partial charge in [0.25, 0.3) is 5.91 Å². The van der Waals surface area contributed by atoms with Gasteiger partial charge in [0.1, 0.15) is 5.75 Å². The molecule has 0 spiro atoms. The molecule has 1 amide bonds. The summed E-state index contributed by atoms with van der Waals surface area (Å²) in [6, 6.07) is 17.7. The van der Waals surface area contributed by atoms with Crippen LogP contribution in [0.1, 0.15) is 32.2 Å². The number of hydrogen-bond acceptors (Lipinski definition) is 5. The second-order valence-electron chi connectivity index (χ2n) is 7.58. The highest BCUT2D eigenvalue weighted by atomic mass is 32.1. The molecule has 4 rings (SSSR count). The number of aryl methyl sites for hydroxylation is 1. The zero-order valence-electron chi connectivity index (χ0n) is 17.1. The van der Waals surface area contributed by atoms with Crippen LogP contribution in [0, 0.1) is 12.8 Å². The smallest absolute Gasteiger partial charge is 0.264 e. The van der Waals surface area contributed by atoms with Crippen LogP contribution >= 0.6 is 11.3 Å². The number of pyridine rings is 1. The number of rotatable bonds is 8. The quantitative estimate of drug-likeness (QED) is 0.528. The molecule has 0 N–H and O–H groups in total. The van der Waals surface area contributed by atoms with Crippen molar-refractivity contribution in [1.29, 1.82) is 0 Å². The van der Waals surface area contributed by atoms with E-state index in [0.717, 1.165) is 46.4 Å². The number of benzene rings is 1. The van der Waals surface area contributed by atoms with Crippen LogP contribution in [0.5, 0.6) is 5.75 Å². The van der Waals surface area contributed by atoms with Crippen LogP contribution in [-0.4, -0.2) is 35.6 Å². The predicted octanol–water partition coefficient (Wildman–Crippen LogP) is 4.71. The molecule has 1 saturated heterocycles. The Morgan fingerprint density at radius 1 is 1.20 bits per heavy atom. The van der Waals surface area contributed by atoms with E-state index < -0.39 is 0 Å². The first-order valence-corrected chi connectivity index (χ1v) is 11.0. The van der Waals surface area contributed by atoms with Gasteiger partial charge >= 0.3 is 0 Å². The van der Waals surface area contributed by atoms with E-state index in [1.807, 2.05) is 66.4 Å². The maximum absolute atomic E-state index is 13.2. The lowest BCUT2D eigenvalue weighted by atomic mass is 10.1. The number of nitrogens with zero attached hydrogens (tertiary/aromatic N) is 2. The fraction of sp³-hybridized carbons (Fsp3) is 0.333. The second kappa shape index (κ2) is 9.87. The SMILES string of the molecule is Cc1ccc(C(=O)N(Cc2cccc(OC[C@@H]3CCOC3)c2)Cc2ccccn2)s1. The van der Waals surface area contributed by atoms with Crippen molar-refractivity contribution < 1.29 is 14.3 Å². The number of amides is 1. The van der Waals surface area contributed by atoms with Gasteiger partial charge in [-0.05, 0) is 55.3 Å². The Labute approximate surface area is 181 Å². The summed E-state index contributed by atoms with van der Waals surface area (Å²) in [5.74, 6) is 1.31. The second-order valence-corrected chi connectivity index (χ2v) is 8.87. The van der Waals surface area contributed by atoms with Gasteiger partial charge in [-0.2, -0.15) is 0 Å². The summed E-state index contributed by atoms with van der Waals surface area (Å²) in [6.45, 7) is 5.22. The average molecular weight is 423 g/mol. The van der Waals surface area contributed by atoms with Crippen molar-refractivity contribution in [1.82, 2.24) is 9.88 Å². The maximum Gasteiger partial charge on any atom is 0.264 e. The highest BCUT2D eigenvalue weighted by Crippen LogP contribution is 2.22. The number of hydrogen-bond donors (Lipinski definition) is 0. The van der Waals surface area contributed by atoms with E-state index in [-0.39, 0.29) is 5.91 Å². The minimum absolute atomic E-state index is 0.0215. The zero-order chi connectivity index (χ0) is 20.8. The van der Waals surface area contributed by atoms with E-state index >= 15 is 0 Å². The van der Waals surface area contributed by atoms with Crippen molar-refractivity contribution in [2.45, 2.75) is 26.4 Å². The Kier molecular flexibility index (Phi) is 6.77. The van der Waals surface area contributed by atoms with Crippen molar-refractivity contribution in [2.75, 3.05) is 19.8 Å². The topological polar surface area (TPSA) is 51.7 Å². The van der Waals surface area contributed by atoms with Crippen LogP contribution in [-0.2, 0) is 17.8 Å². The van der Waals surface area contributed by atoms with E-state index in [4.69, 9.17) is 9.47 Å². The fourth-order valence-electron chi connectivity index (χ4n) is 3.47. The fourth-order valence-corrected chi connectivity index (χ4v) is 4.31. The molecule has 2 aromatic heterocycles. The number of thiophene rings is 1. The Balaban J connectivity index is 1.49. The summed E-state index contributed by atoms with van der Waals surface area (Å²) in [5, 5.41) is 0. The zero-order valence-corrected chi connectivity index (χ0v) is 17.9. The lowest BCUT2D eigenvalue weighted by Gasteiger charge is -2.22. The molecule has 3 heterocycles. The molecule has 1 aliphatic rings. The Morgan fingerprint density at radius 2 is 2.13 bits per heavy atom. The van der Waals surface area contributed by atoms with E-state index in [1.165, 1.54) is 11.3 Å². The van der Waals surface area contributed by atoms with Crippen molar-refractivity contribution in [3.8, 4) is 5.75 Å². The third kappa shape index (κ3) is 5.46. The van der Waals surface area contributed by atoms with Crippen LogP contribution in [0.25, 0.3) is 0 Å². The van der Waals surface area contributed by atoms with Crippen LogP contribution in [0.2, 0.25) is 0 Å². The summed E-state index contributed by atoms with van der Waals surface area (Å²) in [5.41, 5.74) is 1.90. The highest BCUT2D eigenvalue weighted by Gasteiger charge is 2.20. The molecule has 1 fully saturated rings. The molecule has 156 valence electrons. The number of aromatic nitrogens is 1. The molecule has 5 nitrogen and oxygen atoms in total. The average Bonchev–Trinajstić information content (AvgIpc) is 3.44. The Morgan fingerprint density at radius 3 is 2.87 bits per heavy atom. The van der Waals surface area contributed by atoms with Gasteiger partial charge in [0.05, 0.1) is 30.3 Å². The Bertz CT molecular complexity index is 967. The molecule has 3 aromatic rings. The molecular weight excluding hydrogens is 396 g/mol. The van der Waals surface area contributed by atoms with Gasteiger partial charge in [-0.15, -0.1) is 11.3 Å². The van der Waals surface area contributed by atoms with Crippen LogP contribution in [0.4, 0.5) is 0 Å². The monoisotopic (exact) mass is 422 g/mol. The molecular formula is C24H26N2O3S. The summed E-state index contributed by atoms with van der Waals surface area (Å²) in [6.07, 6.45) is 2.81. The number of carbonyl (C=O) groups excluding carboxylic acids is 1. The molecule has 0 aliphatic carbocycles. The summed E-state index contributed by atoms with van der Waals surface area (Å²) < 4.78 is 11.4. The van der Waals surface area contributed by atoms with Crippen LogP contribution in [0.3, 0.4) is 0 Å². The molecule has 0 unspecified atom stereocenters. The summed E-state index contributed by atoms with van der Waals surface area (Å²) >= 11 is 1.52. The third-order valence-electron chi connectivity index (χ3n) is 5.10. The van der Waals surface area contributed by atoms with Crippen molar-refractivity contribution in [3.05, 3.63) is 81.8 Å². The highest BCUT2D eigenvalue weighted by molar-refractivity contribution is 7.13. The van der Waals surface area contributed by atoms with Crippen molar-refractivity contribution in [3.63, 3.8) is 0 Å². The minimum Gasteiger partial charge on any atom is -0.493 e. The summed E-state index contributed by atoms with van der Waals surface area (Å²) in [7, 11) is 0. The third-order valence-corrected chi connectivity index (χ3v) is 6.09. The normalized spacial score (nSPS) is 15.8. The lowest BCUT2D eigenvalue weighted by molar-refractivity contribution is 0.0732. The predicted molar refractivity (Wildman–Crippen MR) is 118 cm³/mol. The van der Waals surface area contributed by atoms with Crippen LogP contribution in [0.15, 0.2) is 60.8 Å². The van der Waals surface area contributed by atoms with Gasteiger partial charge in [0.2, 0.25) is 0 Å². The Hall–Kier alpha value is -2.70.